The van der Waals surface area contributed by atoms with E-state index in [1.165, 1.54) is 19.2 Å². The van der Waals surface area contributed by atoms with Gasteiger partial charge in [-0.3, -0.25) is 4.79 Å². The van der Waals surface area contributed by atoms with Crippen LogP contribution in [0.25, 0.3) is 0 Å². The highest BCUT2D eigenvalue weighted by molar-refractivity contribution is 5.69. The van der Waals surface area contributed by atoms with Gasteiger partial charge in [0.1, 0.15) is 11.6 Å². The lowest BCUT2D eigenvalue weighted by Gasteiger charge is -2.21. The molecule has 0 atom stereocenters. The number of carbonyl (C=O) groups excluding carboxylic acids is 1. The average molecular weight is 283 g/mol. The maximum absolute atomic E-state index is 13.3. The molecule has 0 heterocycles. The predicted molar refractivity (Wildman–Crippen MR) is 75.1 cm³/mol. The minimum absolute atomic E-state index is 0.0738. The zero-order chi connectivity index (χ0) is 15.2. The lowest BCUT2D eigenvalue weighted by molar-refractivity contribution is -0.141. The van der Waals surface area contributed by atoms with E-state index in [4.69, 9.17) is 4.74 Å². The zero-order valence-corrected chi connectivity index (χ0v) is 12.5. The van der Waals surface area contributed by atoms with Crippen molar-refractivity contribution >= 4 is 5.97 Å². The van der Waals surface area contributed by atoms with Crippen LogP contribution < -0.4 is 10.1 Å². The highest BCUT2D eigenvalue weighted by Crippen LogP contribution is 2.20. The highest BCUT2D eigenvalue weighted by atomic mass is 19.1. The molecule has 0 aromatic heterocycles. The van der Waals surface area contributed by atoms with Crippen molar-refractivity contribution in [1.82, 2.24) is 5.32 Å². The molecule has 1 N–H and O–H groups in total. The molecular formula is C15H22FNO3. The van der Waals surface area contributed by atoms with E-state index in [0.29, 0.717) is 12.3 Å². The summed E-state index contributed by atoms with van der Waals surface area (Å²) in [5.74, 6) is -0.0652. The summed E-state index contributed by atoms with van der Waals surface area (Å²) in [6, 6.07) is 4.35. The van der Waals surface area contributed by atoms with E-state index in [1.54, 1.807) is 6.07 Å². The first kappa shape index (κ1) is 16.4. The molecule has 0 bridgehead atoms. The molecule has 5 heteroatoms. The van der Waals surface area contributed by atoms with Crippen molar-refractivity contribution in [2.75, 3.05) is 13.7 Å². The Labute approximate surface area is 119 Å². The third-order valence-corrected chi connectivity index (χ3v) is 2.62. The smallest absolute Gasteiger partial charge is 0.308 e. The summed E-state index contributed by atoms with van der Waals surface area (Å²) >= 11 is 0. The van der Waals surface area contributed by atoms with Crippen molar-refractivity contribution in [3.05, 3.63) is 29.6 Å². The molecule has 0 radical (unpaired) electrons. The Bertz CT molecular complexity index is 455. The first-order valence-corrected chi connectivity index (χ1v) is 6.55. The van der Waals surface area contributed by atoms with Crippen LogP contribution in [0, 0.1) is 5.82 Å². The molecule has 0 spiro atoms. The maximum atomic E-state index is 13.3. The third kappa shape index (κ3) is 6.02. The van der Waals surface area contributed by atoms with E-state index >= 15 is 0 Å². The van der Waals surface area contributed by atoms with Gasteiger partial charge >= 0.3 is 5.97 Å². The molecule has 0 aliphatic heterocycles. The molecule has 0 saturated heterocycles. The van der Waals surface area contributed by atoms with Crippen LogP contribution in [0.15, 0.2) is 18.2 Å². The Hall–Kier alpha value is -1.62. The molecule has 0 amide bonds. The third-order valence-electron chi connectivity index (χ3n) is 2.62. The molecule has 0 unspecified atom stereocenters. The van der Waals surface area contributed by atoms with E-state index in [2.05, 4.69) is 10.1 Å². The van der Waals surface area contributed by atoms with Gasteiger partial charge in [-0.25, -0.2) is 4.39 Å². The summed E-state index contributed by atoms with van der Waals surface area (Å²) < 4.78 is 23.4. The molecule has 0 saturated carbocycles. The lowest BCUT2D eigenvalue weighted by Crippen LogP contribution is -2.35. The Morgan fingerprint density at radius 1 is 1.35 bits per heavy atom. The second-order valence-electron chi connectivity index (χ2n) is 5.53. The minimum atomic E-state index is -0.332. The Morgan fingerprint density at radius 2 is 2.05 bits per heavy atom. The molecule has 20 heavy (non-hydrogen) atoms. The number of benzene rings is 1. The van der Waals surface area contributed by atoms with Crippen LogP contribution in [0.1, 0.15) is 32.8 Å². The quantitative estimate of drug-likeness (QED) is 0.815. The van der Waals surface area contributed by atoms with Crippen LogP contribution in [-0.2, 0) is 16.1 Å². The number of carbonyl (C=O) groups is 1. The zero-order valence-electron chi connectivity index (χ0n) is 12.5. The second kappa shape index (κ2) is 7.24. The normalized spacial score (nSPS) is 11.2. The first-order valence-electron chi connectivity index (χ1n) is 6.55. The van der Waals surface area contributed by atoms with Gasteiger partial charge in [-0.05, 0) is 39.0 Å². The SMILES string of the molecule is COC(=O)CCOc1ccc(F)cc1CNC(C)(C)C. The molecule has 0 aliphatic carbocycles. The number of ether oxygens (including phenoxy) is 2. The molecule has 4 nitrogen and oxygen atoms in total. The fourth-order valence-corrected chi connectivity index (χ4v) is 1.53. The van der Waals surface area contributed by atoms with Gasteiger partial charge in [0.25, 0.3) is 0 Å². The standard InChI is InChI=1S/C15H22FNO3/c1-15(2,3)17-10-11-9-12(16)5-6-13(11)20-8-7-14(18)19-4/h5-6,9,17H,7-8,10H2,1-4H3. The predicted octanol–water partition coefficient (Wildman–Crippen LogP) is 2.66. The topological polar surface area (TPSA) is 47.6 Å². The van der Waals surface area contributed by atoms with Crippen LogP contribution >= 0.6 is 0 Å². The summed E-state index contributed by atoms with van der Waals surface area (Å²) in [4.78, 5) is 11.0. The van der Waals surface area contributed by atoms with Gasteiger partial charge in [-0.1, -0.05) is 0 Å². The number of methoxy groups -OCH3 is 1. The van der Waals surface area contributed by atoms with Crippen molar-refractivity contribution in [3.63, 3.8) is 0 Å². The van der Waals surface area contributed by atoms with Gasteiger partial charge in [0.05, 0.1) is 20.1 Å². The van der Waals surface area contributed by atoms with E-state index in [9.17, 15) is 9.18 Å². The first-order chi connectivity index (χ1) is 9.31. The van der Waals surface area contributed by atoms with Crippen LogP contribution in [-0.4, -0.2) is 25.2 Å². The largest absolute Gasteiger partial charge is 0.493 e. The van der Waals surface area contributed by atoms with Gasteiger partial charge in [-0.2, -0.15) is 0 Å². The number of hydrogen-bond donors (Lipinski definition) is 1. The Kier molecular flexibility index (Phi) is 5.95. The van der Waals surface area contributed by atoms with Gasteiger partial charge in [0.15, 0.2) is 0 Å². The Morgan fingerprint density at radius 3 is 2.65 bits per heavy atom. The molecular weight excluding hydrogens is 261 g/mol. The fourth-order valence-electron chi connectivity index (χ4n) is 1.53. The van der Waals surface area contributed by atoms with Crippen LogP contribution in [0.2, 0.25) is 0 Å². The van der Waals surface area contributed by atoms with Crippen molar-refractivity contribution in [2.45, 2.75) is 39.3 Å². The summed E-state index contributed by atoms with van der Waals surface area (Å²) in [6.45, 7) is 6.80. The molecule has 0 aliphatic rings. The van der Waals surface area contributed by atoms with Crippen LogP contribution in [0.5, 0.6) is 5.75 Å². The highest BCUT2D eigenvalue weighted by Gasteiger charge is 2.12. The lowest BCUT2D eigenvalue weighted by atomic mass is 10.1. The average Bonchev–Trinajstić information content (AvgIpc) is 2.37. The number of hydrogen-bond acceptors (Lipinski definition) is 4. The van der Waals surface area contributed by atoms with Crippen molar-refractivity contribution in [3.8, 4) is 5.75 Å². The number of rotatable bonds is 6. The van der Waals surface area contributed by atoms with E-state index in [1.807, 2.05) is 20.8 Å². The maximum Gasteiger partial charge on any atom is 0.308 e. The van der Waals surface area contributed by atoms with Crippen molar-refractivity contribution < 1.29 is 18.7 Å². The van der Waals surface area contributed by atoms with Crippen molar-refractivity contribution in [2.24, 2.45) is 0 Å². The molecule has 1 aromatic carbocycles. The van der Waals surface area contributed by atoms with Gasteiger partial charge < -0.3 is 14.8 Å². The summed E-state index contributed by atoms with van der Waals surface area (Å²) in [5, 5.41) is 3.28. The monoisotopic (exact) mass is 283 g/mol. The van der Waals surface area contributed by atoms with Gasteiger partial charge in [0.2, 0.25) is 0 Å². The number of esters is 1. The molecule has 1 rings (SSSR count). The van der Waals surface area contributed by atoms with Gasteiger partial charge in [-0.15, -0.1) is 0 Å². The fraction of sp³-hybridized carbons (Fsp3) is 0.533. The molecule has 1 aromatic rings. The van der Waals surface area contributed by atoms with Gasteiger partial charge in [0, 0.05) is 17.6 Å². The molecule has 112 valence electrons. The number of halogens is 1. The van der Waals surface area contributed by atoms with E-state index in [-0.39, 0.29) is 30.4 Å². The van der Waals surface area contributed by atoms with Crippen LogP contribution in [0.3, 0.4) is 0 Å². The number of nitrogens with one attached hydrogen (secondary N) is 1. The summed E-state index contributed by atoms with van der Waals surface area (Å²) in [5.41, 5.74) is 0.653. The summed E-state index contributed by atoms with van der Waals surface area (Å²) in [6.07, 6.45) is 0.167. The van der Waals surface area contributed by atoms with Crippen LogP contribution in [0.4, 0.5) is 4.39 Å². The van der Waals surface area contributed by atoms with E-state index < -0.39 is 0 Å². The van der Waals surface area contributed by atoms with Crippen molar-refractivity contribution in [1.29, 1.82) is 0 Å². The molecule has 0 fully saturated rings. The minimum Gasteiger partial charge on any atom is -0.493 e. The van der Waals surface area contributed by atoms with E-state index in [0.717, 1.165) is 5.56 Å². The second-order valence-corrected chi connectivity index (χ2v) is 5.53. The summed E-state index contributed by atoms with van der Waals surface area (Å²) in [7, 11) is 1.33. The Balaban J connectivity index is 2.67.